The predicted octanol–water partition coefficient (Wildman–Crippen LogP) is 4.91. The molecule has 2 heterocycles. The van der Waals surface area contributed by atoms with Gasteiger partial charge in [0.15, 0.2) is 5.69 Å². The third kappa shape index (κ3) is 5.41. The van der Waals surface area contributed by atoms with Gasteiger partial charge in [-0.05, 0) is 24.6 Å². The highest BCUT2D eigenvalue weighted by atomic mass is 35.5. The van der Waals surface area contributed by atoms with Crippen LogP contribution in [-0.2, 0) is 24.1 Å². The molecule has 1 saturated heterocycles. The van der Waals surface area contributed by atoms with Crippen LogP contribution in [0.15, 0.2) is 18.2 Å². The fraction of sp³-hybridized carbons (Fsp3) is 0.474. The number of halogens is 6. The molecule has 1 aromatic heterocycles. The van der Waals surface area contributed by atoms with Crippen molar-refractivity contribution in [3.8, 4) is 0 Å². The topological polar surface area (TPSA) is 41.4 Å². The Morgan fingerprint density at radius 2 is 1.80 bits per heavy atom. The maximum atomic E-state index is 12.9. The number of amides is 1. The highest BCUT2D eigenvalue weighted by Gasteiger charge is 2.38. The van der Waals surface area contributed by atoms with Crippen LogP contribution in [0.1, 0.15) is 23.4 Å². The number of hydrogen-bond donors (Lipinski definition) is 0. The van der Waals surface area contributed by atoms with Crippen LogP contribution in [0.5, 0.6) is 0 Å². The first-order valence-corrected chi connectivity index (χ1v) is 10.4. The summed E-state index contributed by atoms with van der Waals surface area (Å²) in [4.78, 5) is 16.4. The van der Waals surface area contributed by atoms with Crippen LogP contribution in [-0.4, -0.2) is 51.7 Å². The number of nitrogens with zero attached hydrogens (tertiary/aromatic N) is 4. The number of alkyl halides is 3. The molecular weight excluding hydrogens is 464 g/mol. The fourth-order valence-electron chi connectivity index (χ4n) is 3.33. The summed E-state index contributed by atoms with van der Waals surface area (Å²) >= 11 is 17.9. The van der Waals surface area contributed by atoms with Gasteiger partial charge in [-0.3, -0.25) is 14.4 Å². The Labute approximate surface area is 187 Å². The lowest BCUT2D eigenvalue weighted by atomic mass is 10.2. The summed E-state index contributed by atoms with van der Waals surface area (Å²) in [5.41, 5.74) is 0.0393. The molecule has 0 radical (unpaired) electrons. The van der Waals surface area contributed by atoms with E-state index in [0.29, 0.717) is 42.8 Å². The van der Waals surface area contributed by atoms with Gasteiger partial charge in [-0.15, -0.1) is 0 Å². The number of rotatable bonds is 5. The number of aromatic nitrogens is 2. The number of piperazine rings is 1. The van der Waals surface area contributed by atoms with Gasteiger partial charge in [0.05, 0.1) is 17.3 Å². The zero-order valence-corrected chi connectivity index (χ0v) is 18.4. The third-order valence-electron chi connectivity index (χ3n) is 5.07. The third-order valence-corrected chi connectivity index (χ3v) is 6.11. The molecule has 3 rings (SSSR count). The molecule has 0 N–H and O–H groups in total. The van der Waals surface area contributed by atoms with Crippen molar-refractivity contribution in [2.45, 2.75) is 32.6 Å². The van der Waals surface area contributed by atoms with Crippen molar-refractivity contribution in [3.05, 3.63) is 50.2 Å². The summed E-state index contributed by atoms with van der Waals surface area (Å²) < 4.78 is 39.9. The molecule has 0 unspecified atom stereocenters. The van der Waals surface area contributed by atoms with Crippen LogP contribution in [0.25, 0.3) is 0 Å². The van der Waals surface area contributed by atoms with Crippen LogP contribution < -0.4 is 0 Å². The molecule has 1 amide bonds. The minimum Gasteiger partial charge on any atom is -0.340 e. The van der Waals surface area contributed by atoms with E-state index in [4.69, 9.17) is 34.8 Å². The Bertz CT molecular complexity index is 924. The summed E-state index contributed by atoms with van der Waals surface area (Å²) in [6.45, 7) is 4.58. The number of benzene rings is 1. The van der Waals surface area contributed by atoms with Crippen LogP contribution in [0.4, 0.5) is 13.2 Å². The molecule has 1 fully saturated rings. The van der Waals surface area contributed by atoms with E-state index in [1.54, 1.807) is 17.0 Å². The van der Waals surface area contributed by atoms with Crippen LogP contribution in [0.3, 0.4) is 0 Å². The van der Waals surface area contributed by atoms with Crippen molar-refractivity contribution in [2.75, 3.05) is 26.2 Å². The molecule has 0 aliphatic carbocycles. The minimum atomic E-state index is -4.62. The number of aryl methyl sites for hydroxylation is 1. The van der Waals surface area contributed by atoms with E-state index in [9.17, 15) is 18.0 Å². The Kier molecular flexibility index (Phi) is 7.22. The van der Waals surface area contributed by atoms with Crippen molar-refractivity contribution in [3.63, 3.8) is 0 Å². The van der Waals surface area contributed by atoms with E-state index >= 15 is 0 Å². The van der Waals surface area contributed by atoms with Gasteiger partial charge in [0.1, 0.15) is 0 Å². The standard InChI is InChI=1S/C19H20Cl3F3N4O/c1-12-17(22)18(19(23,24)25)26-29(12)5-4-16(30)28-8-6-27(7-9-28)11-13-2-3-14(20)10-15(13)21/h2-3,10H,4-9,11H2,1H3. The Morgan fingerprint density at radius 1 is 1.13 bits per heavy atom. The predicted molar refractivity (Wildman–Crippen MR) is 110 cm³/mol. The molecule has 0 saturated carbocycles. The zero-order valence-electron chi connectivity index (χ0n) is 16.1. The molecule has 0 spiro atoms. The highest BCUT2D eigenvalue weighted by Crippen LogP contribution is 2.35. The maximum Gasteiger partial charge on any atom is 0.436 e. The maximum absolute atomic E-state index is 12.9. The second-order valence-electron chi connectivity index (χ2n) is 7.11. The Balaban J connectivity index is 1.51. The van der Waals surface area contributed by atoms with Gasteiger partial charge in [-0.25, -0.2) is 0 Å². The normalized spacial score (nSPS) is 15.6. The van der Waals surface area contributed by atoms with Gasteiger partial charge in [0.2, 0.25) is 5.91 Å². The van der Waals surface area contributed by atoms with E-state index in [2.05, 4.69) is 10.00 Å². The Morgan fingerprint density at radius 3 is 2.37 bits per heavy atom. The molecule has 1 aliphatic rings. The van der Waals surface area contributed by atoms with Crippen molar-refractivity contribution in [2.24, 2.45) is 0 Å². The van der Waals surface area contributed by atoms with Crippen LogP contribution in [0, 0.1) is 6.92 Å². The first-order valence-electron chi connectivity index (χ1n) is 9.30. The van der Waals surface area contributed by atoms with Gasteiger partial charge in [0.25, 0.3) is 0 Å². The summed E-state index contributed by atoms with van der Waals surface area (Å²) in [6, 6.07) is 5.37. The van der Waals surface area contributed by atoms with Crippen molar-refractivity contribution >= 4 is 40.7 Å². The summed E-state index contributed by atoms with van der Waals surface area (Å²) in [7, 11) is 0. The van der Waals surface area contributed by atoms with Gasteiger partial charge in [-0.2, -0.15) is 18.3 Å². The fourth-order valence-corrected chi connectivity index (χ4v) is 4.04. The monoisotopic (exact) mass is 482 g/mol. The van der Waals surface area contributed by atoms with Gasteiger partial charge in [0, 0.05) is 49.2 Å². The van der Waals surface area contributed by atoms with Crippen LogP contribution in [0.2, 0.25) is 15.1 Å². The average molecular weight is 484 g/mol. The second kappa shape index (κ2) is 9.34. The average Bonchev–Trinajstić information content (AvgIpc) is 2.97. The molecule has 11 heteroatoms. The van der Waals surface area contributed by atoms with Crippen molar-refractivity contribution < 1.29 is 18.0 Å². The first-order chi connectivity index (χ1) is 14.1. The number of carbonyl (C=O) groups excluding carboxylic acids is 1. The smallest absolute Gasteiger partial charge is 0.340 e. The lowest BCUT2D eigenvalue weighted by Crippen LogP contribution is -2.48. The van der Waals surface area contributed by atoms with Crippen molar-refractivity contribution in [1.82, 2.24) is 19.6 Å². The van der Waals surface area contributed by atoms with E-state index in [1.165, 1.54) is 6.92 Å². The van der Waals surface area contributed by atoms with E-state index in [0.717, 1.165) is 10.2 Å². The van der Waals surface area contributed by atoms with Crippen molar-refractivity contribution in [1.29, 1.82) is 0 Å². The SMILES string of the molecule is Cc1c(Cl)c(C(F)(F)F)nn1CCC(=O)N1CCN(Cc2ccc(Cl)cc2Cl)CC1. The molecule has 1 aromatic carbocycles. The van der Waals surface area contributed by atoms with Gasteiger partial charge >= 0.3 is 6.18 Å². The molecule has 2 aromatic rings. The molecule has 1 aliphatic heterocycles. The quantitative estimate of drug-likeness (QED) is 0.607. The van der Waals surface area contributed by atoms with Gasteiger partial charge in [-0.1, -0.05) is 40.9 Å². The summed E-state index contributed by atoms with van der Waals surface area (Å²) in [5, 5.41) is 4.29. The van der Waals surface area contributed by atoms with E-state index in [-0.39, 0.29) is 24.6 Å². The van der Waals surface area contributed by atoms with Gasteiger partial charge < -0.3 is 4.90 Å². The zero-order chi connectivity index (χ0) is 22.1. The van der Waals surface area contributed by atoms with Crippen LogP contribution >= 0.6 is 34.8 Å². The molecular formula is C19H20Cl3F3N4O. The largest absolute Gasteiger partial charge is 0.436 e. The molecule has 164 valence electrons. The highest BCUT2D eigenvalue weighted by molar-refractivity contribution is 6.35. The van der Waals surface area contributed by atoms with E-state index in [1.807, 2.05) is 6.07 Å². The lowest BCUT2D eigenvalue weighted by molar-refractivity contribution is -0.141. The summed E-state index contributed by atoms with van der Waals surface area (Å²) in [5.74, 6) is -0.126. The number of hydrogen-bond acceptors (Lipinski definition) is 3. The molecule has 30 heavy (non-hydrogen) atoms. The lowest BCUT2D eigenvalue weighted by Gasteiger charge is -2.35. The molecule has 0 bridgehead atoms. The number of carbonyl (C=O) groups is 1. The molecule has 5 nitrogen and oxygen atoms in total. The Hall–Kier alpha value is -1.48. The summed E-state index contributed by atoms with van der Waals surface area (Å²) in [6.07, 6.45) is -4.57. The molecule has 0 atom stereocenters. The van der Waals surface area contributed by atoms with E-state index < -0.39 is 16.9 Å². The first kappa shape index (κ1) is 23.2. The minimum absolute atomic E-state index is 0.0427. The second-order valence-corrected chi connectivity index (χ2v) is 8.33.